The summed E-state index contributed by atoms with van der Waals surface area (Å²) in [6.45, 7) is 2.24. The van der Waals surface area contributed by atoms with E-state index in [1.54, 1.807) is 0 Å². The first kappa shape index (κ1) is 39.0. The van der Waals surface area contributed by atoms with Crippen LogP contribution in [0.5, 0.6) is 0 Å². The van der Waals surface area contributed by atoms with Gasteiger partial charge in [-0.3, -0.25) is 4.55 Å². The molecule has 2 N–H and O–H groups in total. The minimum absolute atomic E-state index is 0. The molecule has 1 unspecified atom stereocenters. The summed E-state index contributed by atoms with van der Waals surface area (Å²) in [5.74, 6) is -2.73. The van der Waals surface area contributed by atoms with Gasteiger partial charge in [0.25, 0.3) is 10.1 Å². The van der Waals surface area contributed by atoms with Crippen molar-refractivity contribution in [3.8, 4) is 0 Å². The Morgan fingerprint density at radius 2 is 1.00 bits per heavy atom. The minimum Gasteiger partial charge on any atom is -0.550 e. The molecule has 0 aliphatic heterocycles. The molecule has 0 aliphatic carbocycles. The van der Waals surface area contributed by atoms with E-state index in [-0.39, 0.29) is 65.5 Å². The molecule has 0 rings (SSSR count). The van der Waals surface area contributed by atoms with Gasteiger partial charge in [-0.1, -0.05) is 84.0 Å². The van der Waals surface area contributed by atoms with Gasteiger partial charge in [-0.2, -0.15) is 8.42 Å². The maximum Gasteiger partial charge on any atom is 1.00 e. The van der Waals surface area contributed by atoms with Crippen LogP contribution in [0.4, 0.5) is 0 Å². The first-order valence-electron chi connectivity index (χ1n) is 10.6. The molecule has 11 heteroatoms. The third-order valence-corrected chi connectivity index (χ3v) is 5.36. The van der Waals surface area contributed by atoms with E-state index in [0.29, 0.717) is 6.42 Å². The Kier molecular flexibility index (Phi) is 34.1. The summed E-state index contributed by atoms with van der Waals surface area (Å²) in [4.78, 5) is 19.0. The molecule has 1 atom stereocenters. The Hall–Kier alpha value is 0.810. The minimum atomic E-state index is -4.26. The van der Waals surface area contributed by atoms with Gasteiger partial charge in [0.05, 0.1) is 0 Å². The second-order valence-electron chi connectivity index (χ2n) is 7.24. The number of carbonyl (C=O) groups excluding carboxylic acids is 2. The van der Waals surface area contributed by atoms with Crippen molar-refractivity contribution in [2.45, 2.75) is 115 Å². The summed E-state index contributed by atoms with van der Waals surface area (Å²) >= 11 is 0. The van der Waals surface area contributed by atoms with E-state index in [1.165, 1.54) is 64.2 Å². The quantitative estimate of drug-likeness (QED) is 0.113. The molecule has 0 aromatic rings. The smallest absolute Gasteiger partial charge is 0.550 e. The second-order valence-corrected chi connectivity index (χ2v) is 8.82. The average molecular weight is 485 g/mol. The largest absolute Gasteiger partial charge is 1.00 e. The van der Waals surface area contributed by atoms with Crippen molar-refractivity contribution in [2.75, 3.05) is 0 Å². The van der Waals surface area contributed by atoms with Crippen molar-refractivity contribution >= 4 is 22.1 Å². The van der Waals surface area contributed by atoms with E-state index in [4.69, 9.17) is 9.66 Å². The summed E-state index contributed by atoms with van der Waals surface area (Å²) in [5, 5.41) is 28.1. The Labute approximate surface area is 232 Å². The van der Waals surface area contributed by atoms with Crippen LogP contribution in [0.2, 0.25) is 0 Å². The number of carboxylic acids is 2. The third kappa shape index (κ3) is 35.6. The fourth-order valence-corrected chi connectivity index (χ4v) is 3.15. The van der Waals surface area contributed by atoms with E-state index in [9.17, 15) is 28.2 Å². The van der Waals surface area contributed by atoms with Gasteiger partial charge >= 0.3 is 59.1 Å². The van der Waals surface area contributed by atoms with Crippen LogP contribution in [-0.2, 0) is 19.7 Å². The van der Waals surface area contributed by atoms with Crippen molar-refractivity contribution in [1.82, 2.24) is 0 Å². The molecule has 0 radical (unpaired) electrons. The fourth-order valence-electron chi connectivity index (χ4n) is 2.69. The Morgan fingerprint density at radius 1 is 0.710 bits per heavy atom. The predicted octanol–water partition coefficient (Wildman–Crippen LogP) is -4.05. The summed E-state index contributed by atoms with van der Waals surface area (Å²) in [7, 11) is -4.26. The Bertz CT molecular complexity index is 501. The van der Waals surface area contributed by atoms with Crippen molar-refractivity contribution in [3.63, 3.8) is 0 Å². The molecule has 0 aromatic heterocycles. The van der Waals surface area contributed by atoms with Gasteiger partial charge in [-0.25, -0.2) is 0 Å². The number of hydrogen-bond donors (Lipinski definition) is 2. The molecular formula is C20H38Na2O8S. The molecule has 0 saturated heterocycles. The predicted molar refractivity (Wildman–Crippen MR) is 107 cm³/mol. The summed E-state index contributed by atoms with van der Waals surface area (Å²) < 4.78 is 29.8. The number of carbonyl (C=O) groups is 2. The summed E-state index contributed by atoms with van der Waals surface area (Å²) in [5.41, 5.74) is -1.61. The molecule has 0 fully saturated rings. The van der Waals surface area contributed by atoms with Gasteiger partial charge in [0.2, 0.25) is 0 Å². The number of aliphatic hydroxyl groups excluding tert-OH is 1. The van der Waals surface area contributed by atoms with Gasteiger partial charge in [0.15, 0.2) is 5.44 Å². The molecular weight excluding hydrogens is 446 g/mol. The topological polar surface area (TPSA) is 155 Å². The monoisotopic (exact) mass is 484 g/mol. The SMILES string of the molecule is CCCCCCCCCCCCCCCC(O)S(=O)(=O)O.O=C([O-])CCC(=O)[O-].[Na+].[Na+]. The van der Waals surface area contributed by atoms with Crippen LogP contribution < -0.4 is 69.3 Å². The molecule has 31 heavy (non-hydrogen) atoms. The van der Waals surface area contributed by atoms with E-state index in [1.807, 2.05) is 0 Å². The van der Waals surface area contributed by atoms with Gasteiger partial charge in [0, 0.05) is 11.9 Å². The molecule has 0 saturated carbocycles. The van der Waals surface area contributed by atoms with Crippen LogP contribution >= 0.6 is 0 Å². The first-order chi connectivity index (χ1) is 13.6. The Balaban J connectivity index is -0.000000311. The van der Waals surface area contributed by atoms with E-state index >= 15 is 0 Å². The van der Waals surface area contributed by atoms with Crippen LogP contribution in [0, 0.1) is 0 Å². The first-order valence-corrected chi connectivity index (χ1v) is 12.2. The van der Waals surface area contributed by atoms with E-state index in [0.717, 1.165) is 12.8 Å². The summed E-state index contributed by atoms with van der Waals surface area (Å²) in [6, 6.07) is 0. The molecule has 0 heterocycles. The Morgan fingerprint density at radius 3 is 1.26 bits per heavy atom. The van der Waals surface area contributed by atoms with Gasteiger partial charge in [-0.15, -0.1) is 0 Å². The van der Waals surface area contributed by atoms with Crippen LogP contribution in [0.15, 0.2) is 0 Å². The van der Waals surface area contributed by atoms with Crippen LogP contribution in [0.25, 0.3) is 0 Å². The van der Waals surface area contributed by atoms with Crippen LogP contribution in [0.3, 0.4) is 0 Å². The van der Waals surface area contributed by atoms with Gasteiger partial charge < -0.3 is 24.9 Å². The van der Waals surface area contributed by atoms with Crippen molar-refractivity contribution in [2.24, 2.45) is 0 Å². The van der Waals surface area contributed by atoms with Crippen LogP contribution in [-0.4, -0.2) is 35.5 Å². The number of unbranched alkanes of at least 4 members (excludes halogenated alkanes) is 12. The van der Waals surface area contributed by atoms with Crippen LogP contribution in [0.1, 0.15) is 110 Å². The average Bonchev–Trinajstić information content (AvgIpc) is 2.63. The van der Waals surface area contributed by atoms with Crippen molar-refractivity contribution in [3.05, 3.63) is 0 Å². The second kappa shape index (κ2) is 27.1. The molecule has 0 aliphatic rings. The van der Waals surface area contributed by atoms with E-state index < -0.39 is 40.3 Å². The number of aliphatic carboxylic acids is 2. The molecule has 0 spiro atoms. The number of carboxylic acid groups (broad SMARTS) is 2. The zero-order valence-electron chi connectivity index (χ0n) is 19.6. The summed E-state index contributed by atoms with van der Waals surface area (Å²) in [6.07, 6.45) is 15.0. The molecule has 0 bridgehead atoms. The van der Waals surface area contributed by atoms with Gasteiger partial charge in [0.1, 0.15) is 0 Å². The molecule has 8 nitrogen and oxygen atoms in total. The number of hydrogen-bond acceptors (Lipinski definition) is 7. The van der Waals surface area contributed by atoms with Gasteiger partial charge in [-0.05, 0) is 25.7 Å². The van der Waals surface area contributed by atoms with E-state index in [2.05, 4.69) is 6.92 Å². The zero-order chi connectivity index (χ0) is 22.5. The maximum absolute atomic E-state index is 10.6. The normalized spacial score (nSPS) is 11.3. The molecule has 0 amide bonds. The van der Waals surface area contributed by atoms with Crippen molar-refractivity contribution in [1.29, 1.82) is 0 Å². The number of rotatable bonds is 18. The zero-order valence-corrected chi connectivity index (χ0v) is 24.5. The fraction of sp³-hybridized carbons (Fsp3) is 0.900. The molecule has 0 aromatic carbocycles. The van der Waals surface area contributed by atoms with Crippen molar-refractivity contribution < 1.29 is 97.0 Å². The molecule has 174 valence electrons. The number of aliphatic hydroxyl groups is 1. The maximum atomic E-state index is 10.6. The standard InChI is InChI=1S/C16H34O4S.C4H6O4.2Na/c1-2-3-4-5-6-7-8-9-10-11-12-13-14-15-16(17)21(18,19)20;5-3(6)1-2-4(7)8;;/h16-17H,2-15H2,1H3,(H,18,19,20);1-2H2,(H,5,6)(H,7,8);;/q;;2*+1/p-2. The third-order valence-electron chi connectivity index (χ3n) is 4.43.